The van der Waals surface area contributed by atoms with Crippen LogP contribution in [-0.4, -0.2) is 37.9 Å². The van der Waals surface area contributed by atoms with Crippen LogP contribution < -0.4 is 19.9 Å². The number of para-hydroxylation sites is 4. The normalized spacial score (nSPS) is 19.0. The first kappa shape index (κ1) is 19.0. The average molecular weight is 393 g/mol. The number of rotatable bonds is 5. The van der Waals surface area contributed by atoms with Crippen LogP contribution in [0.3, 0.4) is 0 Å². The highest BCUT2D eigenvalue weighted by Gasteiger charge is 2.36. The molecule has 2 heterocycles. The number of amides is 3. The van der Waals surface area contributed by atoms with Crippen molar-refractivity contribution in [1.29, 1.82) is 0 Å². The van der Waals surface area contributed by atoms with E-state index < -0.39 is 5.92 Å². The highest BCUT2D eigenvalue weighted by atomic mass is 16.5. The molecule has 0 aromatic heterocycles. The Morgan fingerprint density at radius 3 is 2.45 bits per heavy atom. The molecule has 7 heteroatoms. The Morgan fingerprint density at radius 1 is 1.00 bits per heavy atom. The number of anilines is 3. The summed E-state index contributed by atoms with van der Waals surface area (Å²) in [5, 5.41) is 2.93. The Bertz CT molecular complexity index is 959. The van der Waals surface area contributed by atoms with E-state index in [4.69, 9.17) is 4.74 Å². The lowest BCUT2D eigenvalue weighted by Crippen LogP contribution is -2.29. The summed E-state index contributed by atoms with van der Waals surface area (Å²) < 4.78 is 5.35. The van der Waals surface area contributed by atoms with Crippen molar-refractivity contribution in [2.45, 2.75) is 19.3 Å². The molecular weight excluding hydrogens is 370 g/mol. The zero-order valence-corrected chi connectivity index (χ0v) is 16.3. The van der Waals surface area contributed by atoms with Gasteiger partial charge in [0.15, 0.2) is 0 Å². The van der Waals surface area contributed by atoms with Gasteiger partial charge in [0.25, 0.3) is 0 Å². The van der Waals surface area contributed by atoms with Gasteiger partial charge in [-0.1, -0.05) is 24.3 Å². The van der Waals surface area contributed by atoms with Crippen LogP contribution in [0.1, 0.15) is 19.3 Å². The minimum absolute atomic E-state index is 0.0603. The second-order valence-corrected chi connectivity index (χ2v) is 7.23. The molecular formula is C22H23N3O4. The smallest absolute Gasteiger partial charge is 0.229 e. The summed E-state index contributed by atoms with van der Waals surface area (Å²) in [6.07, 6.45) is 1.47. The lowest BCUT2D eigenvalue weighted by Gasteiger charge is -2.21. The first-order valence-corrected chi connectivity index (χ1v) is 9.72. The first-order valence-electron chi connectivity index (χ1n) is 9.72. The summed E-state index contributed by atoms with van der Waals surface area (Å²) in [6, 6.07) is 14.6. The lowest BCUT2D eigenvalue weighted by molar-refractivity contribution is -0.122. The molecule has 2 saturated heterocycles. The second kappa shape index (κ2) is 7.95. The molecule has 3 amide bonds. The van der Waals surface area contributed by atoms with Crippen molar-refractivity contribution < 1.29 is 19.1 Å². The van der Waals surface area contributed by atoms with Gasteiger partial charge in [-0.3, -0.25) is 14.4 Å². The van der Waals surface area contributed by atoms with Gasteiger partial charge in [0.2, 0.25) is 17.7 Å². The zero-order valence-electron chi connectivity index (χ0n) is 16.3. The highest BCUT2D eigenvalue weighted by molar-refractivity contribution is 6.06. The van der Waals surface area contributed by atoms with E-state index in [0.717, 1.165) is 6.42 Å². The predicted octanol–water partition coefficient (Wildman–Crippen LogP) is 2.81. The standard InChI is InChI=1S/C22H23N3O4/c1-29-19-10-5-4-9-18(19)25-14-15(13-21(25)27)22(28)23-16-7-2-3-8-17(16)24-12-6-11-20(24)26/h2-5,7-10,15H,6,11-14H2,1H3,(H,23,28). The number of carbonyl (C=O) groups excluding carboxylic acids is 3. The topological polar surface area (TPSA) is 79.0 Å². The fourth-order valence-electron chi connectivity index (χ4n) is 3.92. The fraction of sp³-hybridized carbons (Fsp3) is 0.318. The number of ether oxygens (including phenoxy) is 1. The van der Waals surface area contributed by atoms with E-state index in [1.54, 1.807) is 29.0 Å². The SMILES string of the molecule is COc1ccccc1N1CC(C(=O)Nc2ccccc2N2CCCC2=O)CC1=O. The summed E-state index contributed by atoms with van der Waals surface area (Å²) in [6.45, 7) is 0.936. The van der Waals surface area contributed by atoms with Crippen LogP contribution in [0, 0.1) is 5.92 Å². The van der Waals surface area contributed by atoms with Crippen molar-refractivity contribution in [1.82, 2.24) is 0 Å². The maximum Gasteiger partial charge on any atom is 0.229 e. The van der Waals surface area contributed by atoms with Crippen LogP contribution in [0.15, 0.2) is 48.5 Å². The third-order valence-corrected chi connectivity index (χ3v) is 5.40. The molecule has 2 aromatic carbocycles. The zero-order chi connectivity index (χ0) is 20.4. The molecule has 150 valence electrons. The van der Waals surface area contributed by atoms with Gasteiger partial charge in [-0.05, 0) is 30.7 Å². The van der Waals surface area contributed by atoms with Crippen LogP contribution in [0.4, 0.5) is 17.1 Å². The van der Waals surface area contributed by atoms with E-state index in [1.165, 1.54) is 0 Å². The van der Waals surface area contributed by atoms with Crippen molar-refractivity contribution in [2.75, 3.05) is 35.3 Å². The van der Waals surface area contributed by atoms with E-state index in [2.05, 4.69) is 5.32 Å². The van der Waals surface area contributed by atoms with E-state index >= 15 is 0 Å². The number of nitrogens with zero attached hydrogens (tertiary/aromatic N) is 2. The minimum atomic E-state index is -0.477. The van der Waals surface area contributed by atoms with Crippen LogP contribution in [0.5, 0.6) is 5.75 Å². The quantitative estimate of drug-likeness (QED) is 0.847. The molecule has 2 aromatic rings. The summed E-state index contributed by atoms with van der Waals surface area (Å²) in [4.78, 5) is 40.9. The van der Waals surface area contributed by atoms with Crippen molar-refractivity contribution in [3.05, 3.63) is 48.5 Å². The van der Waals surface area contributed by atoms with Gasteiger partial charge >= 0.3 is 0 Å². The summed E-state index contributed by atoms with van der Waals surface area (Å²) in [7, 11) is 1.56. The fourth-order valence-corrected chi connectivity index (χ4v) is 3.92. The Hall–Kier alpha value is -3.35. The molecule has 1 unspecified atom stereocenters. The van der Waals surface area contributed by atoms with Crippen molar-refractivity contribution in [2.24, 2.45) is 5.92 Å². The third kappa shape index (κ3) is 3.68. The Morgan fingerprint density at radius 2 is 1.72 bits per heavy atom. The van der Waals surface area contributed by atoms with Gasteiger partial charge in [-0.2, -0.15) is 0 Å². The number of carbonyl (C=O) groups is 3. The molecule has 2 aliphatic heterocycles. The number of methoxy groups -OCH3 is 1. The predicted molar refractivity (Wildman–Crippen MR) is 110 cm³/mol. The molecule has 0 saturated carbocycles. The van der Waals surface area contributed by atoms with Crippen LogP contribution in [-0.2, 0) is 14.4 Å². The Balaban J connectivity index is 1.51. The molecule has 2 aliphatic rings. The maximum atomic E-state index is 12.9. The molecule has 0 aliphatic carbocycles. The van der Waals surface area contributed by atoms with Crippen LogP contribution >= 0.6 is 0 Å². The molecule has 0 radical (unpaired) electrons. The Labute approximate surface area is 169 Å². The van der Waals surface area contributed by atoms with Gasteiger partial charge in [0, 0.05) is 25.9 Å². The van der Waals surface area contributed by atoms with Gasteiger partial charge in [-0.15, -0.1) is 0 Å². The maximum absolute atomic E-state index is 12.9. The average Bonchev–Trinajstić information content (AvgIpc) is 3.34. The van der Waals surface area contributed by atoms with Gasteiger partial charge in [-0.25, -0.2) is 0 Å². The molecule has 1 atom stereocenters. The Kier molecular flexibility index (Phi) is 5.20. The van der Waals surface area contributed by atoms with Crippen molar-refractivity contribution in [3.8, 4) is 5.75 Å². The molecule has 2 fully saturated rings. The van der Waals surface area contributed by atoms with E-state index in [0.29, 0.717) is 35.8 Å². The van der Waals surface area contributed by atoms with Crippen molar-refractivity contribution >= 4 is 34.8 Å². The van der Waals surface area contributed by atoms with Gasteiger partial charge < -0.3 is 19.9 Å². The molecule has 1 N–H and O–H groups in total. The minimum Gasteiger partial charge on any atom is -0.495 e. The second-order valence-electron chi connectivity index (χ2n) is 7.23. The van der Waals surface area contributed by atoms with E-state index in [-0.39, 0.29) is 30.7 Å². The van der Waals surface area contributed by atoms with E-state index in [9.17, 15) is 14.4 Å². The monoisotopic (exact) mass is 393 g/mol. The van der Waals surface area contributed by atoms with Gasteiger partial charge in [0.05, 0.1) is 30.1 Å². The van der Waals surface area contributed by atoms with Crippen LogP contribution in [0.2, 0.25) is 0 Å². The van der Waals surface area contributed by atoms with Gasteiger partial charge in [0.1, 0.15) is 5.75 Å². The lowest BCUT2D eigenvalue weighted by atomic mass is 10.1. The van der Waals surface area contributed by atoms with E-state index in [1.807, 2.05) is 36.4 Å². The summed E-state index contributed by atoms with van der Waals surface area (Å²) >= 11 is 0. The summed E-state index contributed by atoms with van der Waals surface area (Å²) in [5.41, 5.74) is 1.96. The molecule has 0 bridgehead atoms. The largest absolute Gasteiger partial charge is 0.495 e. The first-order chi connectivity index (χ1) is 14.1. The number of nitrogens with one attached hydrogen (secondary N) is 1. The molecule has 29 heavy (non-hydrogen) atoms. The van der Waals surface area contributed by atoms with Crippen LogP contribution in [0.25, 0.3) is 0 Å². The van der Waals surface area contributed by atoms with Crippen molar-refractivity contribution in [3.63, 3.8) is 0 Å². The molecule has 0 spiro atoms. The molecule has 4 rings (SSSR count). The number of benzene rings is 2. The third-order valence-electron chi connectivity index (χ3n) is 5.40. The highest BCUT2D eigenvalue weighted by Crippen LogP contribution is 2.34. The summed E-state index contributed by atoms with van der Waals surface area (Å²) in [5.74, 6) is -0.160. The molecule has 7 nitrogen and oxygen atoms in total. The number of hydrogen-bond donors (Lipinski definition) is 1. The number of hydrogen-bond acceptors (Lipinski definition) is 4.